The van der Waals surface area contributed by atoms with Gasteiger partial charge in [0.2, 0.25) is 5.43 Å². The SMILES string of the molecule is CCOC(=O)c1c[nH]c(Br)c(C(F)F)c1=O. The molecule has 0 unspecified atom stereocenters. The van der Waals surface area contributed by atoms with Crippen LogP contribution in [0, 0.1) is 0 Å². The minimum atomic E-state index is -2.97. The molecule has 0 fully saturated rings. The van der Waals surface area contributed by atoms with Gasteiger partial charge in [0.15, 0.2) is 0 Å². The smallest absolute Gasteiger partial charge is 0.343 e. The molecule has 7 heteroatoms. The molecule has 4 nitrogen and oxygen atoms in total. The second-order valence-electron chi connectivity index (χ2n) is 2.78. The van der Waals surface area contributed by atoms with Crippen LogP contribution in [0.25, 0.3) is 0 Å². The summed E-state index contributed by atoms with van der Waals surface area (Å²) in [5.41, 5.74) is -2.23. The first-order valence-corrected chi connectivity index (χ1v) is 5.14. The summed E-state index contributed by atoms with van der Waals surface area (Å²) in [5.74, 6) is -0.918. The summed E-state index contributed by atoms with van der Waals surface area (Å²) < 4.78 is 29.5. The van der Waals surface area contributed by atoms with E-state index >= 15 is 0 Å². The standard InChI is InChI=1S/C9H8BrF2NO3/c1-2-16-9(15)4-3-13-7(10)5(6(4)14)8(11)12/h3,8H,2H2,1H3,(H,13,14). The van der Waals surface area contributed by atoms with E-state index in [0.29, 0.717) is 0 Å². The summed E-state index contributed by atoms with van der Waals surface area (Å²) in [6.45, 7) is 1.62. The Balaban J connectivity index is 3.29. The van der Waals surface area contributed by atoms with Gasteiger partial charge in [0.1, 0.15) is 5.56 Å². The molecular weight excluding hydrogens is 288 g/mol. The summed E-state index contributed by atoms with van der Waals surface area (Å²) in [6.07, 6.45) is -1.93. The molecule has 0 aliphatic carbocycles. The maximum absolute atomic E-state index is 12.5. The number of carbonyl (C=O) groups excluding carboxylic acids is 1. The summed E-state index contributed by atoms with van der Waals surface area (Å²) >= 11 is 2.78. The molecule has 0 atom stereocenters. The average molecular weight is 296 g/mol. The molecule has 0 saturated carbocycles. The van der Waals surface area contributed by atoms with Crippen molar-refractivity contribution in [3.8, 4) is 0 Å². The van der Waals surface area contributed by atoms with Crippen LogP contribution in [-0.4, -0.2) is 17.6 Å². The quantitative estimate of drug-likeness (QED) is 0.687. The number of H-pyrrole nitrogens is 1. The lowest BCUT2D eigenvalue weighted by Crippen LogP contribution is -2.22. The molecule has 1 aromatic rings. The van der Waals surface area contributed by atoms with Gasteiger partial charge < -0.3 is 9.72 Å². The number of hydrogen-bond donors (Lipinski definition) is 1. The molecule has 1 heterocycles. The van der Waals surface area contributed by atoms with E-state index in [2.05, 4.69) is 25.7 Å². The van der Waals surface area contributed by atoms with Crippen molar-refractivity contribution in [3.05, 3.63) is 32.2 Å². The molecule has 16 heavy (non-hydrogen) atoms. The Morgan fingerprint density at radius 3 is 2.75 bits per heavy atom. The highest BCUT2D eigenvalue weighted by molar-refractivity contribution is 9.10. The first kappa shape index (κ1) is 12.8. The van der Waals surface area contributed by atoms with Gasteiger partial charge in [-0.1, -0.05) is 0 Å². The maximum Gasteiger partial charge on any atom is 0.343 e. The lowest BCUT2D eigenvalue weighted by molar-refractivity contribution is 0.0523. The van der Waals surface area contributed by atoms with Gasteiger partial charge in [-0.3, -0.25) is 4.79 Å². The van der Waals surface area contributed by atoms with Crippen molar-refractivity contribution < 1.29 is 18.3 Å². The van der Waals surface area contributed by atoms with E-state index in [0.717, 1.165) is 6.20 Å². The van der Waals surface area contributed by atoms with Gasteiger partial charge in [-0.15, -0.1) is 0 Å². The van der Waals surface area contributed by atoms with Crippen molar-refractivity contribution in [2.45, 2.75) is 13.3 Å². The number of esters is 1. The predicted octanol–water partition coefficient (Wildman–Crippen LogP) is 2.25. The van der Waals surface area contributed by atoms with Crippen LogP contribution in [0.5, 0.6) is 0 Å². The highest BCUT2D eigenvalue weighted by atomic mass is 79.9. The van der Waals surface area contributed by atoms with Crippen LogP contribution in [0.4, 0.5) is 8.78 Å². The Morgan fingerprint density at radius 2 is 2.25 bits per heavy atom. The fraction of sp³-hybridized carbons (Fsp3) is 0.333. The third-order valence-electron chi connectivity index (χ3n) is 1.78. The van der Waals surface area contributed by atoms with Crippen LogP contribution in [-0.2, 0) is 4.74 Å². The number of pyridine rings is 1. The molecule has 1 aromatic heterocycles. The van der Waals surface area contributed by atoms with Crippen molar-refractivity contribution in [3.63, 3.8) is 0 Å². The topological polar surface area (TPSA) is 59.2 Å². The zero-order chi connectivity index (χ0) is 12.3. The number of ether oxygens (including phenoxy) is 1. The second kappa shape index (κ2) is 5.20. The van der Waals surface area contributed by atoms with E-state index in [1.165, 1.54) is 0 Å². The normalized spacial score (nSPS) is 10.6. The first-order chi connectivity index (χ1) is 7.49. The van der Waals surface area contributed by atoms with Crippen molar-refractivity contribution in [1.82, 2.24) is 4.98 Å². The second-order valence-corrected chi connectivity index (χ2v) is 3.57. The number of alkyl halides is 2. The number of carbonyl (C=O) groups is 1. The molecule has 0 aliphatic rings. The largest absolute Gasteiger partial charge is 0.462 e. The number of halogens is 3. The van der Waals surface area contributed by atoms with Crippen LogP contribution < -0.4 is 5.43 Å². The van der Waals surface area contributed by atoms with Crippen LogP contribution in [0.3, 0.4) is 0 Å². The lowest BCUT2D eigenvalue weighted by atomic mass is 10.2. The summed E-state index contributed by atoms with van der Waals surface area (Å²) in [4.78, 5) is 25.1. The highest BCUT2D eigenvalue weighted by Gasteiger charge is 2.22. The van der Waals surface area contributed by atoms with E-state index in [1.54, 1.807) is 6.92 Å². The maximum atomic E-state index is 12.5. The molecule has 0 radical (unpaired) electrons. The molecular formula is C9H8BrF2NO3. The molecule has 0 spiro atoms. The third kappa shape index (κ3) is 2.46. The summed E-state index contributed by atoms with van der Waals surface area (Å²) in [6, 6.07) is 0. The fourth-order valence-corrected chi connectivity index (χ4v) is 1.55. The van der Waals surface area contributed by atoms with Crippen LogP contribution in [0.15, 0.2) is 15.6 Å². The van der Waals surface area contributed by atoms with E-state index in [-0.39, 0.29) is 11.2 Å². The molecule has 0 amide bonds. The van der Waals surface area contributed by atoms with Gasteiger partial charge in [0.05, 0.1) is 16.8 Å². The zero-order valence-corrected chi connectivity index (χ0v) is 9.81. The molecule has 1 rings (SSSR count). The molecule has 0 aliphatic heterocycles. The highest BCUT2D eigenvalue weighted by Crippen LogP contribution is 2.22. The molecule has 1 N–H and O–H groups in total. The monoisotopic (exact) mass is 295 g/mol. The minimum absolute atomic E-state index is 0.0678. The van der Waals surface area contributed by atoms with E-state index in [1.807, 2.05) is 0 Å². The number of nitrogens with one attached hydrogen (secondary N) is 1. The molecule has 88 valence electrons. The number of aromatic nitrogens is 1. The third-order valence-corrected chi connectivity index (χ3v) is 2.44. The van der Waals surface area contributed by atoms with Gasteiger partial charge in [0.25, 0.3) is 6.43 Å². The predicted molar refractivity (Wildman–Crippen MR) is 55.7 cm³/mol. The van der Waals surface area contributed by atoms with Gasteiger partial charge >= 0.3 is 5.97 Å². The molecule has 0 bridgehead atoms. The Morgan fingerprint density at radius 1 is 1.62 bits per heavy atom. The zero-order valence-electron chi connectivity index (χ0n) is 8.22. The van der Waals surface area contributed by atoms with E-state index in [9.17, 15) is 18.4 Å². The van der Waals surface area contributed by atoms with Crippen LogP contribution >= 0.6 is 15.9 Å². The van der Waals surface area contributed by atoms with Gasteiger partial charge in [-0.2, -0.15) is 0 Å². The average Bonchev–Trinajstić information content (AvgIpc) is 2.17. The van der Waals surface area contributed by atoms with E-state index in [4.69, 9.17) is 0 Å². The van der Waals surface area contributed by atoms with Gasteiger partial charge in [-0.25, -0.2) is 13.6 Å². The lowest BCUT2D eigenvalue weighted by Gasteiger charge is -2.05. The Hall–Kier alpha value is -1.24. The van der Waals surface area contributed by atoms with Crippen LogP contribution in [0.2, 0.25) is 0 Å². The van der Waals surface area contributed by atoms with Gasteiger partial charge in [-0.05, 0) is 22.9 Å². The molecule has 0 saturated heterocycles. The van der Waals surface area contributed by atoms with Crippen molar-refractivity contribution in [2.24, 2.45) is 0 Å². The molecule has 0 aromatic carbocycles. The van der Waals surface area contributed by atoms with Crippen LogP contribution in [0.1, 0.15) is 29.3 Å². The van der Waals surface area contributed by atoms with Gasteiger partial charge in [0, 0.05) is 6.20 Å². The Bertz CT molecular complexity index is 459. The number of hydrogen-bond acceptors (Lipinski definition) is 3. The van der Waals surface area contributed by atoms with Crippen molar-refractivity contribution in [1.29, 1.82) is 0 Å². The van der Waals surface area contributed by atoms with E-state index < -0.39 is 29.0 Å². The fourth-order valence-electron chi connectivity index (χ4n) is 1.08. The summed E-state index contributed by atoms with van der Waals surface area (Å²) in [5, 5.41) is 0. The number of rotatable bonds is 3. The Kier molecular flexibility index (Phi) is 4.17. The van der Waals surface area contributed by atoms with Crippen molar-refractivity contribution >= 4 is 21.9 Å². The minimum Gasteiger partial charge on any atom is -0.462 e. The number of aromatic amines is 1. The van der Waals surface area contributed by atoms with Crippen molar-refractivity contribution in [2.75, 3.05) is 6.61 Å². The first-order valence-electron chi connectivity index (χ1n) is 4.35. The Labute approximate surface area is 97.7 Å². The summed E-state index contributed by atoms with van der Waals surface area (Å²) in [7, 11) is 0.